The third-order valence-corrected chi connectivity index (χ3v) is 5.29. The summed E-state index contributed by atoms with van der Waals surface area (Å²) in [6.07, 6.45) is 0.416. The molecule has 1 fully saturated rings. The highest BCUT2D eigenvalue weighted by Gasteiger charge is 2.29. The van der Waals surface area contributed by atoms with E-state index in [4.69, 9.17) is 4.42 Å². The molecule has 0 spiro atoms. The summed E-state index contributed by atoms with van der Waals surface area (Å²) in [6.45, 7) is 0. The summed E-state index contributed by atoms with van der Waals surface area (Å²) < 4.78 is 41.1. The molecule has 116 valence electrons. The Morgan fingerprint density at radius 2 is 1.91 bits per heavy atom. The second kappa shape index (κ2) is 5.57. The zero-order chi connectivity index (χ0) is 15.7. The number of nitrogens with one attached hydrogen (secondary N) is 1. The van der Waals surface area contributed by atoms with E-state index in [-0.39, 0.29) is 29.1 Å². The molecule has 1 N–H and O–H groups in total. The number of halogens is 1. The van der Waals surface area contributed by atoms with Crippen molar-refractivity contribution in [2.24, 2.45) is 0 Å². The number of carbonyl (C=O) groups is 1. The highest BCUT2D eigenvalue weighted by molar-refractivity contribution is 7.91. The predicted molar refractivity (Wildman–Crippen MR) is 78.6 cm³/mol. The van der Waals surface area contributed by atoms with Crippen LogP contribution in [0.3, 0.4) is 0 Å². The second-order valence-corrected chi connectivity index (χ2v) is 7.47. The molecule has 0 aliphatic carbocycles. The molecule has 1 aromatic carbocycles. The lowest BCUT2D eigenvalue weighted by atomic mass is 10.2. The zero-order valence-corrected chi connectivity index (χ0v) is 12.4. The van der Waals surface area contributed by atoms with Crippen LogP contribution >= 0.6 is 0 Å². The first-order valence-electron chi connectivity index (χ1n) is 6.80. The Kier molecular flexibility index (Phi) is 3.74. The first-order chi connectivity index (χ1) is 10.4. The van der Waals surface area contributed by atoms with Gasteiger partial charge in [-0.15, -0.1) is 0 Å². The minimum atomic E-state index is -3.05. The number of sulfone groups is 1. The number of hydrogen-bond donors (Lipinski definition) is 1. The Morgan fingerprint density at radius 3 is 2.55 bits per heavy atom. The zero-order valence-electron chi connectivity index (χ0n) is 11.6. The Morgan fingerprint density at radius 1 is 1.18 bits per heavy atom. The average molecular weight is 323 g/mol. The van der Waals surface area contributed by atoms with E-state index in [1.54, 1.807) is 18.2 Å². The number of rotatable bonds is 3. The molecule has 2 aromatic rings. The van der Waals surface area contributed by atoms with Gasteiger partial charge in [0.15, 0.2) is 15.6 Å². The summed E-state index contributed by atoms with van der Waals surface area (Å²) in [7, 11) is -3.05. The lowest BCUT2D eigenvalue weighted by molar-refractivity contribution is 0.0914. The minimum Gasteiger partial charge on any atom is -0.451 e. The van der Waals surface area contributed by atoms with E-state index in [1.165, 1.54) is 18.2 Å². The van der Waals surface area contributed by atoms with Crippen LogP contribution < -0.4 is 5.32 Å². The van der Waals surface area contributed by atoms with Gasteiger partial charge >= 0.3 is 0 Å². The standard InChI is InChI=1S/C15H14FNO4S/c16-11-3-1-10(2-4-11)13-5-6-14(21-13)15(18)17-12-7-8-22(19,20)9-12/h1-6,12H,7-9H2,(H,17,18). The van der Waals surface area contributed by atoms with Crippen molar-refractivity contribution in [3.63, 3.8) is 0 Å². The first kappa shape index (κ1) is 14.8. The Bertz CT molecular complexity index is 795. The molecule has 0 bridgehead atoms. The quantitative estimate of drug-likeness (QED) is 0.937. The SMILES string of the molecule is O=C(NC1CCS(=O)(=O)C1)c1ccc(-c2ccc(F)cc2)o1. The fourth-order valence-corrected chi connectivity index (χ4v) is 4.07. The van der Waals surface area contributed by atoms with Crippen LogP contribution in [-0.2, 0) is 9.84 Å². The van der Waals surface area contributed by atoms with Gasteiger partial charge in [-0.1, -0.05) is 0 Å². The van der Waals surface area contributed by atoms with Crippen LogP contribution in [0.2, 0.25) is 0 Å². The maximum absolute atomic E-state index is 12.9. The highest BCUT2D eigenvalue weighted by Crippen LogP contribution is 2.22. The van der Waals surface area contributed by atoms with Crippen LogP contribution in [0.15, 0.2) is 40.8 Å². The Labute approximate surface area is 127 Å². The van der Waals surface area contributed by atoms with Crippen LogP contribution in [0.5, 0.6) is 0 Å². The van der Waals surface area contributed by atoms with E-state index in [0.717, 1.165) is 0 Å². The molecule has 7 heteroatoms. The largest absolute Gasteiger partial charge is 0.451 e. The summed E-state index contributed by atoms with van der Waals surface area (Å²) in [5, 5.41) is 2.65. The third-order valence-electron chi connectivity index (χ3n) is 3.53. The van der Waals surface area contributed by atoms with Crippen LogP contribution in [0, 0.1) is 5.82 Å². The smallest absolute Gasteiger partial charge is 0.287 e. The maximum atomic E-state index is 12.9. The number of hydrogen-bond acceptors (Lipinski definition) is 4. The van der Waals surface area contributed by atoms with E-state index in [0.29, 0.717) is 17.7 Å². The molecular formula is C15H14FNO4S. The molecule has 0 radical (unpaired) electrons. The molecule has 1 amide bonds. The summed E-state index contributed by atoms with van der Waals surface area (Å²) in [5.74, 6) is -0.194. The number of amides is 1. The molecule has 0 saturated carbocycles. The molecule has 1 atom stereocenters. The van der Waals surface area contributed by atoms with Crippen molar-refractivity contribution < 1.29 is 22.0 Å². The van der Waals surface area contributed by atoms with Gasteiger partial charge in [0.25, 0.3) is 5.91 Å². The van der Waals surface area contributed by atoms with E-state index >= 15 is 0 Å². The van der Waals surface area contributed by atoms with Gasteiger partial charge in [0.05, 0.1) is 11.5 Å². The van der Waals surface area contributed by atoms with Gasteiger partial charge in [0.1, 0.15) is 11.6 Å². The number of benzene rings is 1. The number of furan rings is 1. The molecule has 1 aromatic heterocycles. The van der Waals surface area contributed by atoms with Crippen molar-refractivity contribution in [2.75, 3.05) is 11.5 Å². The van der Waals surface area contributed by atoms with Gasteiger partial charge in [-0.2, -0.15) is 0 Å². The van der Waals surface area contributed by atoms with Crippen LogP contribution in [0.4, 0.5) is 4.39 Å². The molecule has 1 aliphatic rings. The molecular weight excluding hydrogens is 309 g/mol. The summed E-state index contributed by atoms with van der Waals surface area (Å²) in [5.41, 5.74) is 0.656. The van der Waals surface area contributed by atoms with Crippen LogP contribution in [-0.4, -0.2) is 31.9 Å². The highest BCUT2D eigenvalue weighted by atomic mass is 32.2. The molecule has 22 heavy (non-hydrogen) atoms. The van der Waals surface area contributed by atoms with Crippen molar-refractivity contribution >= 4 is 15.7 Å². The van der Waals surface area contributed by atoms with Gasteiger partial charge in [0.2, 0.25) is 0 Å². The van der Waals surface area contributed by atoms with Crippen molar-refractivity contribution in [1.82, 2.24) is 5.32 Å². The molecule has 1 saturated heterocycles. The molecule has 1 aliphatic heterocycles. The maximum Gasteiger partial charge on any atom is 0.287 e. The number of carbonyl (C=O) groups excluding carboxylic acids is 1. The van der Waals surface area contributed by atoms with E-state index < -0.39 is 15.7 Å². The monoisotopic (exact) mass is 323 g/mol. The first-order valence-corrected chi connectivity index (χ1v) is 8.62. The topological polar surface area (TPSA) is 76.4 Å². The fourth-order valence-electron chi connectivity index (χ4n) is 2.39. The summed E-state index contributed by atoms with van der Waals surface area (Å²) in [4.78, 5) is 12.1. The molecule has 2 heterocycles. The lowest BCUT2D eigenvalue weighted by Crippen LogP contribution is -2.35. The molecule has 1 unspecified atom stereocenters. The van der Waals surface area contributed by atoms with Crippen LogP contribution in [0.1, 0.15) is 17.0 Å². The van der Waals surface area contributed by atoms with E-state index in [9.17, 15) is 17.6 Å². The molecule has 5 nitrogen and oxygen atoms in total. The second-order valence-electron chi connectivity index (χ2n) is 5.24. The van der Waals surface area contributed by atoms with E-state index in [2.05, 4.69) is 5.32 Å². The summed E-state index contributed by atoms with van der Waals surface area (Å²) in [6, 6.07) is 8.48. The van der Waals surface area contributed by atoms with Gasteiger partial charge in [-0.25, -0.2) is 12.8 Å². The predicted octanol–water partition coefficient (Wildman–Crippen LogP) is 2.00. The Hall–Kier alpha value is -2.15. The average Bonchev–Trinajstić information content (AvgIpc) is 3.06. The Balaban J connectivity index is 1.71. The van der Waals surface area contributed by atoms with E-state index in [1.807, 2.05) is 0 Å². The minimum absolute atomic E-state index is 0.0374. The summed E-state index contributed by atoms with van der Waals surface area (Å²) >= 11 is 0. The normalized spacial score (nSPS) is 20.0. The lowest BCUT2D eigenvalue weighted by Gasteiger charge is -2.08. The van der Waals surface area contributed by atoms with Crippen molar-refractivity contribution in [3.05, 3.63) is 48.0 Å². The van der Waals surface area contributed by atoms with Crippen molar-refractivity contribution in [2.45, 2.75) is 12.5 Å². The van der Waals surface area contributed by atoms with Gasteiger partial charge in [0, 0.05) is 11.6 Å². The third kappa shape index (κ3) is 3.19. The van der Waals surface area contributed by atoms with Crippen molar-refractivity contribution in [1.29, 1.82) is 0 Å². The van der Waals surface area contributed by atoms with Crippen LogP contribution in [0.25, 0.3) is 11.3 Å². The molecule has 3 rings (SSSR count). The van der Waals surface area contributed by atoms with Gasteiger partial charge in [-0.3, -0.25) is 4.79 Å². The van der Waals surface area contributed by atoms with Gasteiger partial charge in [-0.05, 0) is 42.8 Å². The van der Waals surface area contributed by atoms with Crippen molar-refractivity contribution in [3.8, 4) is 11.3 Å². The fraction of sp³-hybridized carbons (Fsp3) is 0.267. The van der Waals surface area contributed by atoms with Gasteiger partial charge < -0.3 is 9.73 Å².